The lowest BCUT2D eigenvalue weighted by molar-refractivity contribution is 0.0600. The van der Waals surface area contributed by atoms with E-state index >= 15 is 0 Å². The first kappa shape index (κ1) is 19.1. The highest BCUT2D eigenvalue weighted by atomic mass is 16.5. The maximum Gasteiger partial charge on any atom is 0.337 e. The molecule has 0 aliphatic heterocycles. The highest BCUT2D eigenvalue weighted by Gasteiger charge is 2.27. The fourth-order valence-corrected chi connectivity index (χ4v) is 3.39. The number of ether oxygens (including phenoxy) is 1. The van der Waals surface area contributed by atoms with Crippen molar-refractivity contribution in [3.8, 4) is 5.88 Å². The summed E-state index contributed by atoms with van der Waals surface area (Å²) in [7, 11) is 1.25. The summed E-state index contributed by atoms with van der Waals surface area (Å²) in [6.07, 6.45) is 0. The molecular formula is C24H17NO5. The maximum absolute atomic E-state index is 13.2. The van der Waals surface area contributed by atoms with E-state index in [-0.39, 0.29) is 16.6 Å². The highest BCUT2D eigenvalue weighted by molar-refractivity contribution is 6.21. The molecule has 4 rings (SSSR count). The first-order valence-electron chi connectivity index (χ1n) is 9.18. The molecule has 0 atom stereocenters. The molecule has 0 aliphatic rings. The number of hydrogen-bond donors (Lipinski definition) is 1. The molecule has 0 amide bonds. The van der Waals surface area contributed by atoms with E-state index in [1.165, 1.54) is 25.3 Å². The van der Waals surface area contributed by atoms with Gasteiger partial charge in [0.2, 0.25) is 5.88 Å². The summed E-state index contributed by atoms with van der Waals surface area (Å²) >= 11 is 0. The summed E-state index contributed by atoms with van der Waals surface area (Å²) < 4.78 is 5.81. The van der Waals surface area contributed by atoms with E-state index in [2.05, 4.69) is 0 Å². The molecule has 0 aliphatic carbocycles. The summed E-state index contributed by atoms with van der Waals surface area (Å²) in [6, 6.07) is 21.3. The summed E-state index contributed by atoms with van der Waals surface area (Å²) in [4.78, 5) is 38.3. The molecule has 4 aromatic rings. The SMILES string of the molecule is COC(=O)c1ccc2c(C(=O)c3ccccc3)c(O)n(C(=O)c3ccccc3)c2c1. The number of aromatic nitrogens is 1. The zero-order chi connectivity index (χ0) is 21.3. The van der Waals surface area contributed by atoms with E-state index in [0.717, 1.165) is 4.57 Å². The average Bonchev–Trinajstić information content (AvgIpc) is 3.09. The largest absolute Gasteiger partial charge is 0.494 e. The van der Waals surface area contributed by atoms with Crippen LogP contribution in [-0.4, -0.2) is 34.4 Å². The van der Waals surface area contributed by atoms with Crippen LogP contribution in [0.2, 0.25) is 0 Å². The average molecular weight is 399 g/mol. The topological polar surface area (TPSA) is 85.6 Å². The van der Waals surface area contributed by atoms with Crippen molar-refractivity contribution in [2.75, 3.05) is 7.11 Å². The smallest absolute Gasteiger partial charge is 0.337 e. The van der Waals surface area contributed by atoms with Gasteiger partial charge < -0.3 is 9.84 Å². The van der Waals surface area contributed by atoms with Gasteiger partial charge in [0.25, 0.3) is 5.91 Å². The van der Waals surface area contributed by atoms with Crippen molar-refractivity contribution < 1.29 is 24.2 Å². The highest BCUT2D eigenvalue weighted by Crippen LogP contribution is 2.34. The van der Waals surface area contributed by atoms with Gasteiger partial charge in [-0.05, 0) is 24.3 Å². The number of nitrogens with zero attached hydrogens (tertiary/aromatic N) is 1. The van der Waals surface area contributed by atoms with E-state index in [1.807, 2.05) is 0 Å². The summed E-state index contributed by atoms with van der Waals surface area (Å²) in [5.41, 5.74) is 1.13. The predicted molar refractivity (Wildman–Crippen MR) is 111 cm³/mol. The molecule has 0 saturated carbocycles. The molecule has 0 bridgehead atoms. The molecule has 6 heteroatoms. The minimum absolute atomic E-state index is 0.00287. The van der Waals surface area contributed by atoms with Crippen LogP contribution in [0.3, 0.4) is 0 Å². The van der Waals surface area contributed by atoms with E-state index in [0.29, 0.717) is 16.5 Å². The van der Waals surface area contributed by atoms with Gasteiger partial charge in [-0.2, -0.15) is 0 Å². The Kier molecular flexibility index (Phi) is 4.90. The molecule has 0 saturated heterocycles. The standard InChI is InChI=1S/C24H17NO5/c1-30-24(29)17-12-13-18-19(14-17)25(22(27)16-10-6-3-7-11-16)23(28)20(18)21(26)15-8-4-2-5-9-15/h2-14,28H,1H3. The predicted octanol–water partition coefficient (Wildman–Crippen LogP) is 4.05. The molecular weight excluding hydrogens is 382 g/mol. The van der Waals surface area contributed by atoms with Crippen LogP contribution < -0.4 is 0 Å². The lowest BCUT2D eigenvalue weighted by atomic mass is 10.0. The van der Waals surface area contributed by atoms with Crippen LogP contribution in [0.5, 0.6) is 5.88 Å². The first-order valence-corrected chi connectivity index (χ1v) is 9.18. The second kappa shape index (κ2) is 7.67. The van der Waals surface area contributed by atoms with Crippen molar-refractivity contribution in [3.05, 3.63) is 101 Å². The molecule has 0 unspecified atom stereocenters. The van der Waals surface area contributed by atoms with Gasteiger partial charge in [0.05, 0.1) is 23.8 Å². The number of benzene rings is 3. The van der Waals surface area contributed by atoms with Gasteiger partial charge in [0.1, 0.15) is 0 Å². The van der Waals surface area contributed by atoms with E-state index in [9.17, 15) is 19.5 Å². The number of fused-ring (bicyclic) bond motifs is 1. The van der Waals surface area contributed by atoms with Gasteiger partial charge in [-0.3, -0.25) is 9.59 Å². The fourth-order valence-electron chi connectivity index (χ4n) is 3.39. The van der Waals surface area contributed by atoms with Crippen LogP contribution in [-0.2, 0) is 4.74 Å². The van der Waals surface area contributed by atoms with Gasteiger partial charge in [-0.25, -0.2) is 9.36 Å². The molecule has 0 spiro atoms. The number of ketones is 1. The van der Waals surface area contributed by atoms with Gasteiger partial charge in [-0.1, -0.05) is 54.6 Å². The minimum Gasteiger partial charge on any atom is -0.494 e. The van der Waals surface area contributed by atoms with Crippen LogP contribution in [0.25, 0.3) is 10.9 Å². The Labute approximate surface area is 171 Å². The molecule has 1 aromatic heterocycles. The molecule has 0 fully saturated rings. The fraction of sp³-hybridized carbons (Fsp3) is 0.0417. The van der Waals surface area contributed by atoms with Gasteiger partial charge >= 0.3 is 5.97 Å². The van der Waals surface area contributed by atoms with Crippen LogP contribution in [0.4, 0.5) is 0 Å². The Bertz CT molecular complexity index is 1270. The Balaban J connectivity index is 1.99. The van der Waals surface area contributed by atoms with Crippen LogP contribution in [0, 0.1) is 0 Å². The molecule has 30 heavy (non-hydrogen) atoms. The minimum atomic E-state index is -0.591. The van der Waals surface area contributed by atoms with E-state index in [1.54, 1.807) is 60.7 Å². The monoisotopic (exact) mass is 399 g/mol. The van der Waals surface area contributed by atoms with E-state index < -0.39 is 23.5 Å². The number of aromatic hydroxyl groups is 1. The molecule has 1 heterocycles. The zero-order valence-corrected chi connectivity index (χ0v) is 16.0. The maximum atomic E-state index is 13.2. The Morgan fingerprint density at radius 2 is 1.40 bits per heavy atom. The van der Waals surface area contributed by atoms with Crippen molar-refractivity contribution >= 4 is 28.6 Å². The number of carbonyl (C=O) groups is 3. The number of esters is 1. The van der Waals surface area contributed by atoms with Crippen LogP contribution in [0.1, 0.15) is 36.6 Å². The normalized spacial score (nSPS) is 10.7. The molecule has 3 aromatic carbocycles. The Morgan fingerprint density at radius 3 is 2.00 bits per heavy atom. The van der Waals surface area contributed by atoms with Gasteiger partial charge in [0, 0.05) is 16.5 Å². The van der Waals surface area contributed by atoms with Crippen molar-refractivity contribution in [1.82, 2.24) is 4.57 Å². The second-order valence-corrected chi connectivity index (χ2v) is 6.62. The van der Waals surface area contributed by atoms with Crippen LogP contribution >= 0.6 is 0 Å². The van der Waals surface area contributed by atoms with Crippen molar-refractivity contribution in [2.24, 2.45) is 0 Å². The van der Waals surface area contributed by atoms with E-state index in [4.69, 9.17) is 4.74 Å². The lowest BCUT2D eigenvalue weighted by Gasteiger charge is -2.07. The third-order valence-corrected chi connectivity index (χ3v) is 4.85. The van der Waals surface area contributed by atoms with Crippen LogP contribution in [0.15, 0.2) is 78.9 Å². The van der Waals surface area contributed by atoms with Gasteiger partial charge in [0.15, 0.2) is 5.78 Å². The molecule has 148 valence electrons. The van der Waals surface area contributed by atoms with Crippen molar-refractivity contribution in [2.45, 2.75) is 0 Å². The van der Waals surface area contributed by atoms with Gasteiger partial charge in [-0.15, -0.1) is 0 Å². The number of carbonyl (C=O) groups excluding carboxylic acids is 3. The third-order valence-electron chi connectivity index (χ3n) is 4.85. The Morgan fingerprint density at radius 1 is 0.800 bits per heavy atom. The summed E-state index contributed by atoms with van der Waals surface area (Å²) in [6.45, 7) is 0. The number of hydrogen-bond acceptors (Lipinski definition) is 5. The number of rotatable bonds is 4. The lowest BCUT2D eigenvalue weighted by Crippen LogP contribution is -2.12. The van der Waals surface area contributed by atoms with Crippen molar-refractivity contribution in [3.63, 3.8) is 0 Å². The number of methoxy groups -OCH3 is 1. The molecule has 6 nitrogen and oxygen atoms in total. The second-order valence-electron chi connectivity index (χ2n) is 6.62. The molecule has 0 radical (unpaired) electrons. The third kappa shape index (κ3) is 3.14. The summed E-state index contributed by atoms with van der Waals surface area (Å²) in [5.74, 6) is -2.02. The quantitative estimate of drug-likeness (QED) is 0.413. The Hall–Kier alpha value is -4.19. The molecule has 1 N–H and O–H groups in total. The summed E-state index contributed by atoms with van der Waals surface area (Å²) in [5, 5.41) is 11.3. The first-order chi connectivity index (χ1) is 14.5. The zero-order valence-electron chi connectivity index (χ0n) is 16.0. The van der Waals surface area contributed by atoms with Crippen molar-refractivity contribution in [1.29, 1.82) is 0 Å².